The number of aryl methyl sites for hydroxylation is 2. The molecule has 0 heterocycles. The molecule has 2 aromatic carbocycles. The van der Waals surface area contributed by atoms with Crippen molar-refractivity contribution in [2.45, 2.75) is 30.6 Å². The number of benzene rings is 2. The van der Waals surface area contributed by atoms with Crippen LogP contribution in [0.2, 0.25) is 0 Å². The molecule has 10 heteroatoms. The number of nitrogens with zero attached hydrogens (tertiary/aromatic N) is 2. The maximum atomic E-state index is 12.8. The first-order valence-electron chi connectivity index (χ1n) is 7.58. The standard InChI is InChI=1S/C17H16N2O6S2/c1-11-4-9-16(12(2)10-11)27(23,24)17(19-18)26(21,22)15-7-5-14(6-8-15)25-13(3)20/h4-10H,1-3H3. The summed E-state index contributed by atoms with van der Waals surface area (Å²) in [6.07, 6.45) is 0. The van der Waals surface area contributed by atoms with Gasteiger partial charge in [0.2, 0.25) is 0 Å². The molecule has 0 aliphatic rings. The lowest BCUT2D eigenvalue weighted by Crippen LogP contribution is -2.26. The summed E-state index contributed by atoms with van der Waals surface area (Å²) in [5, 5.41) is 0. The van der Waals surface area contributed by atoms with Crippen molar-refractivity contribution in [1.82, 2.24) is 0 Å². The molecule has 27 heavy (non-hydrogen) atoms. The Labute approximate surface area is 156 Å². The maximum Gasteiger partial charge on any atom is 0.504 e. The second-order valence-electron chi connectivity index (χ2n) is 5.71. The van der Waals surface area contributed by atoms with Gasteiger partial charge in [-0.25, -0.2) is 16.8 Å². The lowest BCUT2D eigenvalue weighted by Gasteiger charge is -2.07. The maximum absolute atomic E-state index is 12.8. The van der Waals surface area contributed by atoms with Crippen molar-refractivity contribution in [2.24, 2.45) is 0 Å². The van der Waals surface area contributed by atoms with E-state index in [1.807, 2.05) is 0 Å². The van der Waals surface area contributed by atoms with Crippen molar-refractivity contribution < 1.29 is 31.2 Å². The smallest absolute Gasteiger partial charge is 0.427 e. The molecule has 142 valence electrons. The molecule has 0 atom stereocenters. The Kier molecular flexibility index (Phi) is 5.65. The van der Waals surface area contributed by atoms with E-state index in [1.54, 1.807) is 13.0 Å². The summed E-state index contributed by atoms with van der Waals surface area (Å²) in [5.41, 5.74) is 10.3. The highest BCUT2D eigenvalue weighted by molar-refractivity contribution is 8.31. The number of ether oxygens (including phenoxy) is 1. The lowest BCUT2D eigenvalue weighted by atomic mass is 10.2. The van der Waals surface area contributed by atoms with Crippen LogP contribution in [0.1, 0.15) is 18.1 Å². The zero-order valence-corrected chi connectivity index (χ0v) is 16.3. The predicted molar refractivity (Wildman–Crippen MR) is 96.7 cm³/mol. The van der Waals surface area contributed by atoms with Gasteiger partial charge in [0.15, 0.2) is 0 Å². The first-order chi connectivity index (χ1) is 12.5. The van der Waals surface area contributed by atoms with Crippen LogP contribution in [0, 0.1) is 13.8 Å². The van der Waals surface area contributed by atoms with E-state index < -0.39 is 34.9 Å². The molecule has 0 radical (unpaired) electrons. The largest absolute Gasteiger partial charge is 0.504 e. The minimum Gasteiger partial charge on any atom is -0.427 e. The number of carbonyl (C=O) groups excluding carboxylic acids is 1. The first kappa shape index (κ1) is 20.5. The van der Waals surface area contributed by atoms with Gasteiger partial charge in [0.05, 0.1) is 9.79 Å². The van der Waals surface area contributed by atoms with Crippen molar-refractivity contribution in [1.29, 1.82) is 0 Å². The summed E-state index contributed by atoms with van der Waals surface area (Å²) in [7, 11) is -9.26. The van der Waals surface area contributed by atoms with E-state index in [1.165, 1.54) is 38.1 Å². The van der Waals surface area contributed by atoms with Crippen LogP contribution >= 0.6 is 0 Å². The van der Waals surface area contributed by atoms with Gasteiger partial charge in [0, 0.05) is 6.92 Å². The van der Waals surface area contributed by atoms with Crippen LogP contribution in [0.15, 0.2) is 52.3 Å². The molecule has 2 aromatic rings. The van der Waals surface area contributed by atoms with Crippen LogP contribution in [-0.2, 0) is 24.5 Å². The van der Waals surface area contributed by atoms with Gasteiger partial charge in [0.1, 0.15) is 5.75 Å². The number of hydrogen-bond donors (Lipinski definition) is 0. The van der Waals surface area contributed by atoms with E-state index in [4.69, 9.17) is 4.74 Å². The normalized spacial score (nSPS) is 11.5. The third kappa shape index (κ3) is 4.13. The van der Waals surface area contributed by atoms with Crippen LogP contribution in [-0.4, -0.2) is 32.0 Å². The quantitative estimate of drug-likeness (QED) is 0.191. The lowest BCUT2D eigenvalue weighted by molar-refractivity contribution is -0.131. The summed E-state index contributed by atoms with van der Waals surface area (Å²) >= 11 is 0. The second kappa shape index (κ2) is 7.43. The van der Waals surface area contributed by atoms with Gasteiger partial charge in [-0.2, -0.15) is 0 Å². The molecule has 0 unspecified atom stereocenters. The predicted octanol–water partition coefficient (Wildman–Crippen LogP) is 2.06. The Morgan fingerprint density at radius 3 is 2.04 bits per heavy atom. The van der Waals surface area contributed by atoms with E-state index in [-0.39, 0.29) is 10.6 Å². The fraction of sp³-hybridized carbons (Fsp3) is 0.176. The molecule has 0 aromatic heterocycles. The molecule has 0 saturated heterocycles. The van der Waals surface area contributed by atoms with Crippen LogP contribution < -0.4 is 4.74 Å². The van der Waals surface area contributed by atoms with Crippen molar-refractivity contribution in [3.8, 4) is 5.75 Å². The van der Waals surface area contributed by atoms with E-state index >= 15 is 0 Å². The zero-order chi connectivity index (χ0) is 20.4. The van der Waals surface area contributed by atoms with Crippen molar-refractivity contribution in [3.05, 3.63) is 59.1 Å². The number of esters is 1. The van der Waals surface area contributed by atoms with Gasteiger partial charge < -0.3 is 10.3 Å². The van der Waals surface area contributed by atoms with Gasteiger partial charge in [0.25, 0.3) is 19.7 Å². The van der Waals surface area contributed by atoms with E-state index in [0.29, 0.717) is 5.56 Å². The van der Waals surface area contributed by atoms with Crippen LogP contribution in [0.25, 0.3) is 5.53 Å². The summed E-state index contributed by atoms with van der Waals surface area (Å²) in [5.74, 6) is -0.512. The molecular formula is C17H16N2O6S2. The van der Waals surface area contributed by atoms with Gasteiger partial charge in [-0.3, -0.25) is 4.79 Å². The van der Waals surface area contributed by atoms with Crippen LogP contribution in [0.5, 0.6) is 5.75 Å². The van der Waals surface area contributed by atoms with E-state index in [0.717, 1.165) is 17.7 Å². The number of sulfone groups is 2. The molecule has 0 bridgehead atoms. The topological polar surface area (TPSA) is 131 Å². The van der Waals surface area contributed by atoms with Crippen LogP contribution in [0.4, 0.5) is 0 Å². The fourth-order valence-electron chi connectivity index (χ4n) is 2.40. The molecule has 0 spiro atoms. The molecule has 0 fully saturated rings. The number of hydrogen-bond acceptors (Lipinski definition) is 6. The first-order valence-corrected chi connectivity index (χ1v) is 10.5. The summed E-state index contributed by atoms with van der Waals surface area (Å²) in [6.45, 7) is 4.44. The minimum atomic E-state index is -4.66. The summed E-state index contributed by atoms with van der Waals surface area (Å²) in [4.78, 5) is 12.8. The molecule has 8 nitrogen and oxygen atoms in total. The molecule has 0 amide bonds. The number of carbonyl (C=O) groups is 1. The van der Waals surface area contributed by atoms with Gasteiger partial charge >= 0.3 is 10.3 Å². The Morgan fingerprint density at radius 1 is 0.963 bits per heavy atom. The molecule has 0 N–H and O–H groups in total. The zero-order valence-electron chi connectivity index (χ0n) is 14.7. The highest BCUT2D eigenvalue weighted by Crippen LogP contribution is 2.24. The van der Waals surface area contributed by atoms with E-state index in [9.17, 15) is 27.2 Å². The molecule has 2 rings (SSSR count). The third-order valence-corrected chi connectivity index (χ3v) is 7.89. The summed E-state index contributed by atoms with van der Waals surface area (Å²) < 4.78 is 54.4. The van der Waals surface area contributed by atoms with Gasteiger partial charge in [-0.05, 0) is 49.7 Å². The molecule has 0 aliphatic heterocycles. The third-order valence-electron chi connectivity index (χ3n) is 3.56. The Bertz CT molecular complexity index is 1160. The highest BCUT2D eigenvalue weighted by atomic mass is 32.3. The fourth-order valence-corrected chi connectivity index (χ4v) is 5.94. The Balaban J connectivity index is 2.55. The average Bonchev–Trinajstić information content (AvgIpc) is 2.54. The monoisotopic (exact) mass is 408 g/mol. The Morgan fingerprint density at radius 2 is 1.56 bits per heavy atom. The van der Waals surface area contributed by atoms with Crippen LogP contribution in [0.3, 0.4) is 0 Å². The summed E-state index contributed by atoms with van der Waals surface area (Å²) in [6, 6.07) is 8.81. The van der Waals surface area contributed by atoms with E-state index in [2.05, 4.69) is 4.79 Å². The second-order valence-corrected chi connectivity index (χ2v) is 9.66. The molecular weight excluding hydrogens is 392 g/mol. The average molecular weight is 408 g/mol. The van der Waals surface area contributed by atoms with Crippen molar-refractivity contribution in [2.75, 3.05) is 0 Å². The number of rotatable bonds is 3. The minimum absolute atomic E-state index is 0.0844. The highest BCUT2D eigenvalue weighted by Gasteiger charge is 2.44. The molecule has 0 aliphatic carbocycles. The Hall–Kier alpha value is -2.81. The SMILES string of the molecule is CC(=O)Oc1ccc(S(=O)(=O)C(=[N+]=[N-])S(=O)(=O)c2ccc(C)cc2C)cc1. The van der Waals surface area contributed by atoms with Gasteiger partial charge in [-0.1, -0.05) is 17.7 Å². The van der Waals surface area contributed by atoms with Crippen molar-refractivity contribution >= 4 is 30.0 Å². The molecule has 0 saturated carbocycles. The van der Waals surface area contributed by atoms with Crippen molar-refractivity contribution in [3.63, 3.8) is 0 Å². The van der Waals surface area contributed by atoms with Gasteiger partial charge in [-0.15, -0.1) is 4.79 Å².